The highest BCUT2D eigenvalue weighted by Crippen LogP contribution is 2.46. The van der Waals surface area contributed by atoms with Crippen molar-refractivity contribution in [1.29, 1.82) is 0 Å². The van der Waals surface area contributed by atoms with Gasteiger partial charge in [0.1, 0.15) is 12.2 Å². The Morgan fingerprint density at radius 1 is 1.03 bits per heavy atom. The maximum atomic E-state index is 13.6. The molecule has 1 aliphatic heterocycles. The number of halogens is 3. The first kappa shape index (κ1) is 23.1. The average Bonchev–Trinajstić information content (AvgIpc) is 3.47. The third-order valence-electron chi connectivity index (χ3n) is 7.28. The van der Waals surface area contributed by atoms with Crippen molar-refractivity contribution in [2.45, 2.75) is 69.4 Å². The second kappa shape index (κ2) is 9.17. The summed E-state index contributed by atoms with van der Waals surface area (Å²) < 4.78 is 46.6. The lowest BCUT2D eigenvalue weighted by molar-refractivity contribution is -0.141. The third-order valence-corrected chi connectivity index (χ3v) is 7.28. The van der Waals surface area contributed by atoms with Crippen molar-refractivity contribution in [2.24, 2.45) is 15.4 Å². The van der Waals surface area contributed by atoms with Gasteiger partial charge in [-0.15, -0.1) is 5.10 Å². The quantitative estimate of drug-likeness (QED) is 0.498. The molecule has 0 N–H and O–H groups in total. The van der Waals surface area contributed by atoms with Gasteiger partial charge in [0.15, 0.2) is 0 Å². The summed E-state index contributed by atoms with van der Waals surface area (Å²) in [6, 6.07) is 2.83. The number of rotatable bonds is 5. The highest BCUT2D eigenvalue weighted by Gasteiger charge is 2.42. The number of pyridine rings is 2. The molecule has 0 bridgehead atoms. The van der Waals surface area contributed by atoms with Gasteiger partial charge in [0.2, 0.25) is 0 Å². The lowest BCUT2D eigenvalue weighted by Crippen LogP contribution is -2.33. The first-order valence-corrected chi connectivity index (χ1v) is 12.0. The minimum absolute atomic E-state index is 0.292. The molecular weight excluding hydrogens is 443 g/mol. The van der Waals surface area contributed by atoms with Crippen LogP contribution in [0.15, 0.2) is 33.8 Å². The molecule has 2 aromatic heterocycles. The molecule has 3 heterocycles. The monoisotopic (exact) mass is 471 g/mol. The molecule has 0 saturated heterocycles. The minimum atomic E-state index is -4.53. The van der Waals surface area contributed by atoms with E-state index in [0.717, 1.165) is 91.9 Å². The average molecular weight is 472 g/mol. The van der Waals surface area contributed by atoms with Crippen LogP contribution in [0, 0.1) is 0 Å². The first-order valence-electron chi connectivity index (χ1n) is 12.0. The van der Waals surface area contributed by atoms with Gasteiger partial charge in [0, 0.05) is 30.0 Å². The van der Waals surface area contributed by atoms with Crippen LogP contribution in [0.25, 0.3) is 11.1 Å². The number of fused-ring (bicyclic) bond motifs is 1. The molecule has 5 rings (SSSR count). The predicted octanol–water partition coefficient (Wildman–Crippen LogP) is 6.06. The summed E-state index contributed by atoms with van der Waals surface area (Å²) in [7, 11) is 1.69. The number of aryl methyl sites for hydroxylation is 1. The van der Waals surface area contributed by atoms with Crippen molar-refractivity contribution in [3.05, 3.63) is 46.5 Å². The van der Waals surface area contributed by atoms with E-state index in [1.807, 2.05) is 0 Å². The molecular formula is C25H28F3N5O. The summed E-state index contributed by atoms with van der Waals surface area (Å²) in [6.07, 6.45) is 5.34. The van der Waals surface area contributed by atoms with Crippen LogP contribution in [0.4, 0.5) is 13.2 Å². The first-order chi connectivity index (χ1) is 16.4. The fraction of sp³-hybridized carbons (Fsp3) is 0.560. The Balaban J connectivity index is 1.84. The second-order valence-electron chi connectivity index (χ2n) is 9.48. The lowest BCUT2D eigenvalue weighted by Gasteiger charge is -2.32. The number of aromatic nitrogens is 2. The lowest BCUT2D eigenvalue weighted by atomic mass is 9.76. The smallest absolute Gasteiger partial charge is 0.384 e. The number of hydrogen-bond acceptors (Lipinski definition) is 6. The molecule has 0 unspecified atom stereocenters. The molecule has 0 radical (unpaired) electrons. The highest BCUT2D eigenvalue weighted by molar-refractivity contribution is 6.09. The Labute approximate surface area is 196 Å². The van der Waals surface area contributed by atoms with E-state index in [9.17, 15) is 13.2 Å². The molecule has 1 fully saturated rings. The second-order valence-corrected chi connectivity index (χ2v) is 9.48. The molecule has 3 aliphatic rings. The van der Waals surface area contributed by atoms with Crippen LogP contribution < -0.4 is 0 Å². The summed E-state index contributed by atoms with van der Waals surface area (Å²) in [5.41, 5.74) is 4.46. The van der Waals surface area contributed by atoms with Gasteiger partial charge in [-0.25, -0.2) is 0 Å². The fourth-order valence-corrected chi connectivity index (χ4v) is 5.77. The number of alkyl halides is 3. The van der Waals surface area contributed by atoms with Gasteiger partial charge < -0.3 is 4.74 Å². The fourth-order valence-electron chi connectivity index (χ4n) is 5.77. The van der Waals surface area contributed by atoms with Gasteiger partial charge >= 0.3 is 6.18 Å². The molecule has 0 atom stereocenters. The van der Waals surface area contributed by atoms with Gasteiger partial charge in [0.25, 0.3) is 0 Å². The summed E-state index contributed by atoms with van der Waals surface area (Å²) >= 11 is 0. The van der Waals surface area contributed by atoms with Crippen molar-refractivity contribution in [2.75, 3.05) is 20.3 Å². The summed E-state index contributed by atoms with van der Waals surface area (Å²) in [4.78, 5) is 8.87. The summed E-state index contributed by atoms with van der Waals surface area (Å²) in [5, 5.41) is 12.2. The normalized spacial score (nSPS) is 19.7. The zero-order valence-electron chi connectivity index (χ0n) is 19.3. The Kier molecular flexibility index (Phi) is 6.22. The number of hydrogen-bond donors (Lipinski definition) is 0. The molecule has 180 valence electrons. The van der Waals surface area contributed by atoms with Gasteiger partial charge in [-0.2, -0.15) is 18.3 Å². The predicted molar refractivity (Wildman–Crippen MR) is 122 cm³/mol. The molecule has 6 nitrogen and oxygen atoms in total. The van der Waals surface area contributed by atoms with Crippen LogP contribution in [0.5, 0.6) is 0 Å². The van der Waals surface area contributed by atoms with Crippen LogP contribution in [0.1, 0.15) is 73.2 Å². The maximum absolute atomic E-state index is 13.6. The number of ether oxygens (including phenoxy) is 1. The SMILES string of the molecule is COCC1(c2nc3c(c(-c4ccnc(C(F)(F)F)c4)c2C2=NN=NC2)CCCCC3)CCCC1. The third kappa shape index (κ3) is 4.15. The molecule has 2 aliphatic carbocycles. The van der Waals surface area contributed by atoms with Crippen molar-refractivity contribution in [1.82, 2.24) is 9.97 Å². The zero-order chi connectivity index (χ0) is 23.8. The zero-order valence-corrected chi connectivity index (χ0v) is 19.3. The van der Waals surface area contributed by atoms with E-state index in [1.54, 1.807) is 13.2 Å². The Morgan fingerprint density at radius 3 is 2.53 bits per heavy atom. The van der Waals surface area contributed by atoms with Crippen LogP contribution >= 0.6 is 0 Å². The van der Waals surface area contributed by atoms with Crippen LogP contribution in [-0.4, -0.2) is 35.9 Å². The van der Waals surface area contributed by atoms with E-state index in [2.05, 4.69) is 20.4 Å². The van der Waals surface area contributed by atoms with Crippen molar-refractivity contribution in [3.63, 3.8) is 0 Å². The van der Waals surface area contributed by atoms with E-state index in [1.165, 1.54) is 6.20 Å². The van der Waals surface area contributed by atoms with E-state index in [4.69, 9.17) is 9.72 Å². The highest BCUT2D eigenvalue weighted by atomic mass is 19.4. The Bertz CT molecular complexity index is 1140. The van der Waals surface area contributed by atoms with E-state index >= 15 is 0 Å². The largest absolute Gasteiger partial charge is 0.433 e. The molecule has 0 spiro atoms. The van der Waals surface area contributed by atoms with Crippen LogP contribution in [0.2, 0.25) is 0 Å². The van der Waals surface area contributed by atoms with Gasteiger partial charge in [-0.05, 0) is 72.6 Å². The minimum Gasteiger partial charge on any atom is -0.384 e. The molecule has 2 aromatic rings. The number of nitrogens with zero attached hydrogens (tertiary/aromatic N) is 5. The Morgan fingerprint density at radius 2 is 1.82 bits per heavy atom. The van der Waals surface area contributed by atoms with E-state index in [0.29, 0.717) is 24.4 Å². The molecule has 0 aromatic carbocycles. The van der Waals surface area contributed by atoms with E-state index in [-0.39, 0.29) is 5.41 Å². The van der Waals surface area contributed by atoms with E-state index < -0.39 is 11.9 Å². The van der Waals surface area contributed by atoms with Gasteiger partial charge in [-0.1, -0.05) is 19.3 Å². The summed E-state index contributed by atoms with van der Waals surface area (Å²) in [6.45, 7) is 0.803. The maximum Gasteiger partial charge on any atom is 0.433 e. The van der Waals surface area contributed by atoms with Crippen molar-refractivity contribution >= 4 is 5.71 Å². The standard InChI is InChI=1S/C25H28F3N5O/c1-34-15-24(10-5-6-11-24)23-22(19-14-30-33-32-19)21(17-7-3-2-4-8-18(17)31-23)16-9-12-29-20(13-16)25(26,27)28/h9,12-13H,2-8,10-11,14-15H2,1H3. The number of methoxy groups -OCH3 is 1. The van der Waals surface area contributed by atoms with Gasteiger partial charge in [-0.3, -0.25) is 9.97 Å². The Hall–Kier alpha value is -2.68. The van der Waals surface area contributed by atoms with Crippen molar-refractivity contribution in [3.8, 4) is 11.1 Å². The molecule has 0 amide bonds. The topological polar surface area (TPSA) is 72.1 Å². The molecule has 9 heteroatoms. The summed E-state index contributed by atoms with van der Waals surface area (Å²) in [5.74, 6) is 0. The molecule has 1 saturated carbocycles. The van der Waals surface area contributed by atoms with Gasteiger partial charge in [0.05, 0.1) is 18.0 Å². The van der Waals surface area contributed by atoms with Crippen LogP contribution in [-0.2, 0) is 29.2 Å². The van der Waals surface area contributed by atoms with Crippen LogP contribution in [0.3, 0.4) is 0 Å². The van der Waals surface area contributed by atoms with Crippen molar-refractivity contribution < 1.29 is 17.9 Å². The molecule has 34 heavy (non-hydrogen) atoms.